The normalized spacial score (nSPS) is 10.4. The van der Waals surface area contributed by atoms with Crippen LogP contribution < -0.4 is 24.7 Å². The summed E-state index contributed by atoms with van der Waals surface area (Å²) in [6.07, 6.45) is 5.20. The molecule has 7 heteroatoms. The molecule has 0 aliphatic carbocycles. The van der Waals surface area contributed by atoms with Crippen molar-refractivity contribution in [3.8, 4) is 23.0 Å². The Morgan fingerprint density at radius 1 is 0.900 bits per heavy atom. The predicted molar refractivity (Wildman–Crippen MR) is 123 cm³/mol. The highest BCUT2D eigenvalue weighted by atomic mass is 35.5. The van der Waals surface area contributed by atoms with E-state index in [0.717, 1.165) is 28.3 Å². The SMILES string of the molecule is CCCOc1c(OC)cc(Cc2cncc3c(N)c(OCC)ccc23)cc1OC.Cl. The van der Waals surface area contributed by atoms with Gasteiger partial charge in [-0.05, 0) is 54.5 Å². The summed E-state index contributed by atoms with van der Waals surface area (Å²) in [4.78, 5) is 4.39. The fraction of sp³-hybridized carbons (Fsp3) is 0.348. The molecule has 162 valence electrons. The number of aromatic nitrogens is 1. The van der Waals surface area contributed by atoms with Crippen LogP contribution in [-0.4, -0.2) is 32.4 Å². The largest absolute Gasteiger partial charge is 0.493 e. The summed E-state index contributed by atoms with van der Waals surface area (Å²) in [6.45, 7) is 5.16. The fourth-order valence-electron chi connectivity index (χ4n) is 3.33. The number of hydrogen-bond acceptors (Lipinski definition) is 6. The number of nitrogen functional groups attached to an aromatic ring is 1. The first-order valence-corrected chi connectivity index (χ1v) is 9.78. The molecule has 0 spiro atoms. The second-order valence-corrected chi connectivity index (χ2v) is 6.66. The van der Waals surface area contributed by atoms with Gasteiger partial charge in [-0.3, -0.25) is 4.98 Å². The van der Waals surface area contributed by atoms with Gasteiger partial charge in [-0.25, -0.2) is 0 Å². The van der Waals surface area contributed by atoms with E-state index in [1.165, 1.54) is 0 Å². The molecule has 1 aromatic heterocycles. The van der Waals surface area contributed by atoms with Crippen LogP contribution in [0.15, 0.2) is 36.7 Å². The minimum Gasteiger partial charge on any atom is -0.493 e. The zero-order chi connectivity index (χ0) is 20.8. The number of anilines is 1. The maximum absolute atomic E-state index is 6.30. The molecule has 0 amide bonds. The van der Waals surface area contributed by atoms with Crippen molar-refractivity contribution in [1.82, 2.24) is 4.98 Å². The second-order valence-electron chi connectivity index (χ2n) is 6.66. The van der Waals surface area contributed by atoms with Gasteiger partial charge >= 0.3 is 0 Å². The summed E-state index contributed by atoms with van der Waals surface area (Å²) >= 11 is 0. The Hall–Kier alpha value is -2.86. The van der Waals surface area contributed by atoms with Crippen LogP contribution in [0.25, 0.3) is 10.8 Å². The third kappa shape index (κ3) is 4.82. The van der Waals surface area contributed by atoms with Gasteiger partial charge in [0.25, 0.3) is 0 Å². The van der Waals surface area contributed by atoms with Gasteiger partial charge in [0.2, 0.25) is 5.75 Å². The highest BCUT2D eigenvalue weighted by molar-refractivity contribution is 5.97. The average molecular weight is 433 g/mol. The zero-order valence-electron chi connectivity index (χ0n) is 17.9. The van der Waals surface area contributed by atoms with Crippen molar-refractivity contribution >= 4 is 28.9 Å². The number of benzene rings is 2. The molecule has 0 radical (unpaired) electrons. The van der Waals surface area contributed by atoms with E-state index in [1.807, 2.05) is 37.4 Å². The van der Waals surface area contributed by atoms with Gasteiger partial charge in [-0.1, -0.05) is 13.0 Å². The molecule has 0 bridgehead atoms. The number of rotatable bonds is 9. The lowest BCUT2D eigenvalue weighted by Crippen LogP contribution is -2.02. The quantitative estimate of drug-likeness (QED) is 0.477. The molecule has 0 unspecified atom stereocenters. The minimum atomic E-state index is 0. The molecule has 3 aromatic rings. The smallest absolute Gasteiger partial charge is 0.203 e. The average Bonchev–Trinajstić information content (AvgIpc) is 2.74. The van der Waals surface area contributed by atoms with Gasteiger partial charge in [0.05, 0.1) is 33.1 Å². The monoisotopic (exact) mass is 432 g/mol. The fourth-order valence-corrected chi connectivity index (χ4v) is 3.33. The van der Waals surface area contributed by atoms with Gasteiger partial charge in [0.15, 0.2) is 11.5 Å². The van der Waals surface area contributed by atoms with Crippen molar-refractivity contribution < 1.29 is 18.9 Å². The molecule has 1 heterocycles. The maximum atomic E-state index is 6.30. The van der Waals surface area contributed by atoms with Gasteiger partial charge in [0.1, 0.15) is 5.75 Å². The maximum Gasteiger partial charge on any atom is 0.203 e. The molecular formula is C23H29ClN2O4. The highest BCUT2D eigenvalue weighted by Gasteiger charge is 2.16. The van der Waals surface area contributed by atoms with E-state index >= 15 is 0 Å². The Morgan fingerprint density at radius 2 is 1.60 bits per heavy atom. The highest BCUT2D eigenvalue weighted by Crippen LogP contribution is 2.40. The summed E-state index contributed by atoms with van der Waals surface area (Å²) in [6, 6.07) is 7.89. The van der Waals surface area contributed by atoms with Crippen molar-refractivity contribution in [3.05, 3.63) is 47.8 Å². The molecule has 0 saturated carbocycles. The van der Waals surface area contributed by atoms with Crippen molar-refractivity contribution in [2.75, 3.05) is 33.2 Å². The Morgan fingerprint density at radius 3 is 2.20 bits per heavy atom. The van der Waals surface area contributed by atoms with E-state index in [0.29, 0.717) is 48.3 Å². The first-order valence-electron chi connectivity index (χ1n) is 9.78. The van der Waals surface area contributed by atoms with Crippen molar-refractivity contribution in [2.24, 2.45) is 0 Å². The summed E-state index contributed by atoms with van der Waals surface area (Å²) in [7, 11) is 3.26. The van der Waals surface area contributed by atoms with Gasteiger partial charge in [-0.15, -0.1) is 12.4 Å². The number of methoxy groups -OCH3 is 2. The molecule has 2 N–H and O–H groups in total. The molecule has 0 atom stereocenters. The van der Waals surface area contributed by atoms with E-state index in [1.54, 1.807) is 20.4 Å². The summed E-state index contributed by atoms with van der Waals surface area (Å²) in [5.74, 6) is 2.61. The number of fused-ring (bicyclic) bond motifs is 1. The standard InChI is InChI=1S/C23H28N2O4.ClH/c1-5-9-29-23-20(26-3)11-15(12-21(23)27-4)10-16-13-25-14-18-17(16)7-8-19(22(18)24)28-6-2;/h7-8,11-14H,5-6,9-10,24H2,1-4H3;1H. The van der Waals surface area contributed by atoms with E-state index in [4.69, 9.17) is 24.7 Å². The van der Waals surface area contributed by atoms with Crippen LogP contribution >= 0.6 is 12.4 Å². The molecule has 0 aliphatic rings. The van der Waals surface area contributed by atoms with Crippen LogP contribution in [0.1, 0.15) is 31.4 Å². The molecule has 0 saturated heterocycles. The van der Waals surface area contributed by atoms with Crippen LogP contribution in [-0.2, 0) is 6.42 Å². The van der Waals surface area contributed by atoms with E-state index in [2.05, 4.69) is 11.9 Å². The molecule has 0 fully saturated rings. The van der Waals surface area contributed by atoms with Gasteiger partial charge in [0, 0.05) is 17.8 Å². The van der Waals surface area contributed by atoms with Crippen LogP contribution in [0.4, 0.5) is 5.69 Å². The Balaban J connectivity index is 0.00000320. The van der Waals surface area contributed by atoms with Crippen LogP contribution in [0.3, 0.4) is 0 Å². The number of nitrogens with two attached hydrogens (primary N) is 1. The molecule has 30 heavy (non-hydrogen) atoms. The van der Waals surface area contributed by atoms with Crippen molar-refractivity contribution in [1.29, 1.82) is 0 Å². The predicted octanol–water partition coefficient (Wildman–Crippen LogP) is 5.03. The van der Waals surface area contributed by atoms with E-state index in [9.17, 15) is 0 Å². The summed E-state index contributed by atoms with van der Waals surface area (Å²) in [5.41, 5.74) is 9.00. The van der Waals surface area contributed by atoms with E-state index < -0.39 is 0 Å². The molecule has 6 nitrogen and oxygen atoms in total. The number of hydrogen-bond donors (Lipinski definition) is 1. The lowest BCUT2D eigenvalue weighted by atomic mass is 9.99. The molecule has 0 aliphatic heterocycles. The first-order chi connectivity index (χ1) is 14.1. The lowest BCUT2D eigenvalue weighted by Gasteiger charge is -2.16. The Kier molecular flexibility index (Phi) is 8.42. The zero-order valence-corrected chi connectivity index (χ0v) is 18.7. The molecule has 2 aromatic carbocycles. The topological polar surface area (TPSA) is 75.8 Å². The van der Waals surface area contributed by atoms with Crippen LogP contribution in [0, 0.1) is 0 Å². The summed E-state index contributed by atoms with van der Waals surface area (Å²) in [5, 5.41) is 1.93. The van der Waals surface area contributed by atoms with Gasteiger partial charge < -0.3 is 24.7 Å². The van der Waals surface area contributed by atoms with E-state index in [-0.39, 0.29) is 12.4 Å². The number of halogens is 1. The summed E-state index contributed by atoms with van der Waals surface area (Å²) < 4.78 is 22.6. The third-order valence-corrected chi connectivity index (χ3v) is 4.69. The lowest BCUT2D eigenvalue weighted by molar-refractivity contribution is 0.274. The molecular weight excluding hydrogens is 404 g/mol. The Bertz CT molecular complexity index is 969. The third-order valence-electron chi connectivity index (χ3n) is 4.69. The second kappa shape index (κ2) is 10.8. The van der Waals surface area contributed by atoms with Crippen LogP contribution in [0.2, 0.25) is 0 Å². The minimum absolute atomic E-state index is 0. The van der Waals surface area contributed by atoms with Crippen LogP contribution in [0.5, 0.6) is 23.0 Å². The number of pyridine rings is 1. The Labute approximate surface area is 183 Å². The van der Waals surface area contributed by atoms with Crippen molar-refractivity contribution in [3.63, 3.8) is 0 Å². The van der Waals surface area contributed by atoms with Gasteiger partial charge in [-0.2, -0.15) is 0 Å². The van der Waals surface area contributed by atoms with Crippen molar-refractivity contribution in [2.45, 2.75) is 26.7 Å². The molecule has 3 rings (SSSR count). The number of nitrogens with zero attached hydrogens (tertiary/aromatic N) is 1. The number of ether oxygens (including phenoxy) is 4. The first kappa shape index (κ1) is 23.4.